The van der Waals surface area contributed by atoms with Crippen molar-refractivity contribution in [3.05, 3.63) is 48.0 Å². The zero-order valence-electron chi connectivity index (χ0n) is 15.3. The number of fused-ring (bicyclic) bond motifs is 1. The largest absolute Gasteiger partial charge is 0.385 e. The van der Waals surface area contributed by atoms with Gasteiger partial charge in [-0.25, -0.2) is 0 Å². The summed E-state index contributed by atoms with van der Waals surface area (Å²) in [5.41, 5.74) is 1.65. The van der Waals surface area contributed by atoms with Gasteiger partial charge in [-0.3, -0.25) is 4.99 Å². The number of nitrogens with zero attached hydrogens (tertiary/aromatic N) is 1. The van der Waals surface area contributed by atoms with Gasteiger partial charge in [-0.05, 0) is 47.1 Å². The third-order valence-corrected chi connectivity index (χ3v) is 5.38. The van der Waals surface area contributed by atoms with Crippen LogP contribution in [0.15, 0.2) is 47.5 Å². The van der Waals surface area contributed by atoms with E-state index in [9.17, 15) is 0 Å². The number of nitrogens with one attached hydrogen (secondary N) is 2. The van der Waals surface area contributed by atoms with E-state index in [0.29, 0.717) is 5.41 Å². The second-order valence-corrected chi connectivity index (χ2v) is 7.06. The average Bonchev–Trinajstić information content (AvgIpc) is 2.62. The predicted octanol–water partition coefficient (Wildman–Crippen LogP) is 3.71. The van der Waals surface area contributed by atoms with Crippen molar-refractivity contribution in [1.29, 1.82) is 0 Å². The van der Waals surface area contributed by atoms with E-state index in [4.69, 9.17) is 4.74 Å². The smallest absolute Gasteiger partial charge is 0.191 e. The number of hydrogen-bond donors (Lipinski definition) is 2. The van der Waals surface area contributed by atoms with Crippen molar-refractivity contribution in [1.82, 2.24) is 10.6 Å². The van der Waals surface area contributed by atoms with Crippen LogP contribution in [0, 0.1) is 5.41 Å². The molecular formula is C21H29N3O. The lowest BCUT2D eigenvalue weighted by atomic mass is 9.67. The Bertz CT molecular complexity index is 722. The minimum absolute atomic E-state index is 0.385. The summed E-state index contributed by atoms with van der Waals surface area (Å²) in [6.07, 6.45) is 5.02. The molecule has 134 valence electrons. The number of rotatable bonds is 7. The Labute approximate surface area is 150 Å². The summed E-state index contributed by atoms with van der Waals surface area (Å²) in [5, 5.41) is 9.50. The first kappa shape index (κ1) is 17.7. The molecule has 2 aromatic carbocycles. The van der Waals surface area contributed by atoms with Crippen LogP contribution in [0.2, 0.25) is 0 Å². The SMILES string of the molecule is CN=C(NCc1ccc2ccccc2c1)NCC1(CCOC)CCC1. The molecule has 0 heterocycles. The van der Waals surface area contributed by atoms with Crippen molar-refractivity contribution in [3.8, 4) is 0 Å². The molecule has 0 spiro atoms. The fourth-order valence-corrected chi connectivity index (χ4v) is 3.54. The van der Waals surface area contributed by atoms with Crippen LogP contribution in [-0.2, 0) is 11.3 Å². The van der Waals surface area contributed by atoms with Gasteiger partial charge in [0, 0.05) is 33.9 Å². The molecule has 1 aliphatic carbocycles. The fraction of sp³-hybridized carbons (Fsp3) is 0.476. The van der Waals surface area contributed by atoms with Gasteiger partial charge in [-0.15, -0.1) is 0 Å². The summed E-state index contributed by atoms with van der Waals surface area (Å²) in [5.74, 6) is 0.872. The third kappa shape index (κ3) is 4.51. The Morgan fingerprint density at radius 2 is 1.92 bits per heavy atom. The van der Waals surface area contributed by atoms with Gasteiger partial charge in [-0.1, -0.05) is 42.8 Å². The van der Waals surface area contributed by atoms with Crippen LogP contribution in [0.3, 0.4) is 0 Å². The average molecular weight is 339 g/mol. The van der Waals surface area contributed by atoms with Crippen LogP contribution >= 0.6 is 0 Å². The fourth-order valence-electron chi connectivity index (χ4n) is 3.54. The van der Waals surface area contributed by atoms with Crippen LogP contribution in [0.1, 0.15) is 31.2 Å². The normalized spacial score (nSPS) is 16.5. The van der Waals surface area contributed by atoms with Crippen molar-refractivity contribution in [2.45, 2.75) is 32.2 Å². The molecule has 0 aromatic heterocycles. The molecule has 0 amide bonds. The molecule has 0 radical (unpaired) electrons. The standard InChI is InChI=1S/C21H29N3O/c1-22-20(24-16-21(10-5-11-21)12-13-25-2)23-15-17-8-9-18-6-3-4-7-19(18)14-17/h3-4,6-9,14H,5,10-13,15-16H2,1-2H3,(H2,22,23,24). The molecule has 0 bridgehead atoms. The molecular weight excluding hydrogens is 310 g/mol. The first-order valence-corrected chi connectivity index (χ1v) is 9.16. The molecule has 0 aliphatic heterocycles. The Morgan fingerprint density at radius 3 is 2.60 bits per heavy atom. The highest BCUT2D eigenvalue weighted by Crippen LogP contribution is 2.43. The minimum atomic E-state index is 0.385. The van der Waals surface area contributed by atoms with Gasteiger partial charge in [0.05, 0.1) is 0 Å². The van der Waals surface area contributed by atoms with E-state index in [1.165, 1.54) is 35.6 Å². The van der Waals surface area contributed by atoms with E-state index < -0.39 is 0 Å². The highest BCUT2D eigenvalue weighted by Gasteiger charge is 2.36. The van der Waals surface area contributed by atoms with E-state index in [1.807, 2.05) is 7.05 Å². The molecule has 0 saturated heterocycles. The van der Waals surface area contributed by atoms with Crippen LogP contribution in [0.25, 0.3) is 10.8 Å². The third-order valence-electron chi connectivity index (χ3n) is 5.38. The molecule has 2 aromatic rings. The number of methoxy groups -OCH3 is 1. The second kappa shape index (κ2) is 8.34. The van der Waals surface area contributed by atoms with Crippen molar-refractivity contribution < 1.29 is 4.74 Å². The van der Waals surface area contributed by atoms with Gasteiger partial charge in [0.15, 0.2) is 5.96 Å². The summed E-state index contributed by atoms with van der Waals surface area (Å²) < 4.78 is 5.27. The van der Waals surface area contributed by atoms with Crippen LogP contribution in [-0.4, -0.2) is 33.3 Å². The topological polar surface area (TPSA) is 45.7 Å². The van der Waals surface area contributed by atoms with Crippen molar-refractivity contribution in [2.75, 3.05) is 27.3 Å². The summed E-state index contributed by atoms with van der Waals surface area (Å²) >= 11 is 0. The van der Waals surface area contributed by atoms with Gasteiger partial charge in [-0.2, -0.15) is 0 Å². The van der Waals surface area contributed by atoms with Crippen molar-refractivity contribution in [2.24, 2.45) is 10.4 Å². The molecule has 25 heavy (non-hydrogen) atoms. The minimum Gasteiger partial charge on any atom is -0.385 e. The maximum atomic E-state index is 5.27. The lowest BCUT2D eigenvalue weighted by Gasteiger charge is -2.42. The Balaban J connectivity index is 1.53. The van der Waals surface area contributed by atoms with Crippen LogP contribution in [0.4, 0.5) is 0 Å². The molecule has 2 N–H and O–H groups in total. The van der Waals surface area contributed by atoms with E-state index in [2.05, 4.69) is 58.1 Å². The lowest BCUT2D eigenvalue weighted by Crippen LogP contribution is -2.46. The number of aliphatic imine (C=N–C) groups is 1. The monoisotopic (exact) mass is 339 g/mol. The highest BCUT2D eigenvalue weighted by molar-refractivity contribution is 5.83. The summed E-state index contributed by atoms with van der Waals surface area (Å²) in [6.45, 7) is 2.58. The van der Waals surface area contributed by atoms with E-state index in [-0.39, 0.29) is 0 Å². The molecule has 0 unspecified atom stereocenters. The molecule has 4 heteroatoms. The van der Waals surface area contributed by atoms with Crippen molar-refractivity contribution in [3.63, 3.8) is 0 Å². The maximum absolute atomic E-state index is 5.27. The molecule has 3 rings (SSSR count). The summed E-state index contributed by atoms with van der Waals surface area (Å²) in [4.78, 5) is 4.37. The Hall–Kier alpha value is -2.07. The quantitative estimate of drug-likeness (QED) is 0.597. The molecule has 1 fully saturated rings. The number of guanidine groups is 1. The lowest BCUT2D eigenvalue weighted by molar-refractivity contribution is 0.0732. The number of ether oxygens (including phenoxy) is 1. The second-order valence-electron chi connectivity index (χ2n) is 7.06. The van der Waals surface area contributed by atoms with Gasteiger partial charge in [0.2, 0.25) is 0 Å². The molecule has 1 saturated carbocycles. The van der Waals surface area contributed by atoms with Crippen molar-refractivity contribution >= 4 is 16.7 Å². The zero-order valence-corrected chi connectivity index (χ0v) is 15.3. The summed E-state index contributed by atoms with van der Waals surface area (Å²) in [6, 6.07) is 15.0. The molecule has 4 nitrogen and oxygen atoms in total. The van der Waals surface area contributed by atoms with E-state index in [1.54, 1.807) is 7.11 Å². The van der Waals surface area contributed by atoms with Gasteiger partial charge in [0.25, 0.3) is 0 Å². The molecule has 0 atom stereocenters. The van der Waals surface area contributed by atoms with Gasteiger partial charge >= 0.3 is 0 Å². The predicted molar refractivity (Wildman–Crippen MR) is 105 cm³/mol. The van der Waals surface area contributed by atoms with Gasteiger partial charge < -0.3 is 15.4 Å². The highest BCUT2D eigenvalue weighted by atomic mass is 16.5. The van der Waals surface area contributed by atoms with Crippen LogP contribution in [0.5, 0.6) is 0 Å². The number of hydrogen-bond acceptors (Lipinski definition) is 2. The van der Waals surface area contributed by atoms with Crippen LogP contribution < -0.4 is 10.6 Å². The molecule has 1 aliphatic rings. The van der Waals surface area contributed by atoms with Gasteiger partial charge in [0.1, 0.15) is 0 Å². The summed E-state index contributed by atoms with van der Waals surface area (Å²) in [7, 11) is 3.61. The first-order valence-electron chi connectivity index (χ1n) is 9.16. The number of benzene rings is 2. The zero-order chi connectivity index (χ0) is 17.5. The first-order chi connectivity index (χ1) is 12.2. The van der Waals surface area contributed by atoms with E-state index >= 15 is 0 Å². The Morgan fingerprint density at radius 1 is 1.12 bits per heavy atom. The Kier molecular flexibility index (Phi) is 5.92. The van der Waals surface area contributed by atoms with E-state index in [0.717, 1.165) is 32.1 Å². The maximum Gasteiger partial charge on any atom is 0.191 e.